The first kappa shape index (κ1) is 19.0. The number of carbonyl (C=O) groups excluding carboxylic acids is 1. The highest BCUT2D eigenvalue weighted by Crippen LogP contribution is 2.30. The molecule has 0 spiro atoms. The minimum Gasteiger partial charge on any atom is -0.486 e. The maximum absolute atomic E-state index is 12.1. The molecule has 2 aromatic rings. The van der Waals surface area contributed by atoms with E-state index < -0.39 is 10.0 Å². The SMILES string of the molecule is C[C@@H](NC(=O)NC[C@@H]1COc2ccccc2O1)c1ccc(S(N)(=O)=O)cc1. The Labute approximate surface area is 157 Å². The van der Waals surface area contributed by atoms with E-state index in [9.17, 15) is 13.2 Å². The maximum atomic E-state index is 12.1. The Kier molecular flexibility index (Phi) is 5.52. The summed E-state index contributed by atoms with van der Waals surface area (Å²) in [5.74, 6) is 1.34. The topological polar surface area (TPSA) is 120 Å². The van der Waals surface area contributed by atoms with Crippen molar-refractivity contribution >= 4 is 16.1 Å². The summed E-state index contributed by atoms with van der Waals surface area (Å²) >= 11 is 0. The van der Waals surface area contributed by atoms with E-state index >= 15 is 0 Å². The Hall–Kier alpha value is -2.78. The average Bonchev–Trinajstić information content (AvgIpc) is 2.65. The van der Waals surface area contributed by atoms with Gasteiger partial charge in [-0.3, -0.25) is 0 Å². The van der Waals surface area contributed by atoms with Crippen molar-refractivity contribution in [1.29, 1.82) is 0 Å². The first-order valence-electron chi connectivity index (χ1n) is 8.38. The van der Waals surface area contributed by atoms with E-state index in [4.69, 9.17) is 14.6 Å². The number of rotatable bonds is 5. The Morgan fingerprint density at radius 3 is 2.52 bits per heavy atom. The van der Waals surface area contributed by atoms with Crippen molar-refractivity contribution in [3.63, 3.8) is 0 Å². The molecule has 0 saturated heterocycles. The number of nitrogens with one attached hydrogen (secondary N) is 2. The number of amides is 2. The number of primary sulfonamides is 1. The van der Waals surface area contributed by atoms with Crippen LogP contribution in [0.1, 0.15) is 18.5 Å². The summed E-state index contributed by atoms with van der Waals surface area (Å²) in [6.07, 6.45) is -0.282. The molecule has 9 heteroatoms. The van der Waals surface area contributed by atoms with Crippen LogP contribution in [0.5, 0.6) is 11.5 Å². The van der Waals surface area contributed by atoms with Crippen molar-refractivity contribution in [1.82, 2.24) is 10.6 Å². The van der Waals surface area contributed by atoms with Crippen molar-refractivity contribution in [3.8, 4) is 11.5 Å². The fraction of sp³-hybridized carbons (Fsp3) is 0.278. The number of urea groups is 1. The zero-order valence-corrected chi connectivity index (χ0v) is 15.5. The average molecular weight is 391 g/mol. The molecule has 3 rings (SSSR count). The third kappa shape index (κ3) is 4.89. The third-order valence-corrected chi connectivity index (χ3v) is 5.04. The van der Waals surface area contributed by atoms with E-state index in [1.54, 1.807) is 19.1 Å². The molecule has 0 fully saturated rings. The minimum absolute atomic E-state index is 0.0256. The molecule has 0 unspecified atom stereocenters. The van der Waals surface area contributed by atoms with Crippen molar-refractivity contribution in [2.75, 3.05) is 13.2 Å². The summed E-state index contributed by atoms with van der Waals surface area (Å²) in [5.41, 5.74) is 0.753. The Balaban J connectivity index is 1.49. The molecule has 0 saturated carbocycles. The Morgan fingerprint density at radius 2 is 1.85 bits per heavy atom. The molecule has 1 heterocycles. The highest BCUT2D eigenvalue weighted by Gasteiger charge is 2.21. The van der Waals surface area contributed by atoms with Crippen molar-refractivity contribution in [2.45, 2.75) is 24.0 Å². The number of ether oxygens (including phenoxy) is 2. The second kappa shape index (κ2) is 7.85. The van der Waals surface area contributed by atoms with Crippen LogP contribution in [0.3, 0.4) is 0 Å². The van der Waals surface area contributed by atoms with E-state index in [-0.39, 0.29) is 29.6 Å². The van der Waals surface area contributed by atoms with E-state index in [1.807, 2.05) is 24.3 Å². The smallest absolute Gasteiger partial charge is 0.315 e. The highest BCUT2D eigenvalue weighted by atomic mass is 32.2. The van der Waals surface area contributed by atoms with Crippen LogP contribution in [0.4, 0.5) is 4.79 Å². The maximum Gasteiger partial charge on any atom is 0.315 e. The lowest BCUT2D eigenvalue weighted by Gasteiger charge is -2.26. The van der Waals surface area contributed by atoms with Crippen molar-refractivity contribution < 1.29 is 22.7 Å². The van der Waals surface area contributed by atoms with Gasteiger partial charge in [-0.2, -0.15) is 0 Å². The molecule has 0 aliphatic carbocycles. The summed E-state index contributed by atoms with van der Waals surface area (Å²) in [6, 6.07) is 12.7. The molecule has 0 radical (unpaired) electrons. The number of hydrogen-bond donors (Lipinski definition) is 3. The standard InChI is InChI=1S/C18H21N3O5S/c1-12(13-6-8-15(9-7-13)27(19,23)24)21-18(22)20-10-14-11-25-16-4-2-3-5-17(16)26-14/h2-9,12,14H,10-11H2,1H3,(H2,19,23,24)(H2,20,21,22)/t12-,14-/m1/s1. The van der Waals surface area contributed by atoms with Gasteiger partial charge in [-0.15, -0.1) is 0 Å². The van der Waals surface area contributed by atoms with Crippen LogP contribution in [0.2, 0.25) is 0 Å². The van der Waals surface area contributed by atoms with Gasteiger partial charge in [0.1, 0.15) is 6.61 Å². The lowest BCUT2D eigenvalue weighted by molar-refractivity contribution is 0.0917. The van der Waals surface area contributed by atoms with E-state index in [2.05, 4.69) is 10.6 Å². The van der Waals surface area contributed by atoms with Crippen LogP contribution in [0.15, 0.2) is 53.4 Å². The first-order valence-corrected chi connectivity index (χ1v) is 9.93. The quantitative estimate of drug-likeness (QED) is 0.714. The van der Waals surface area contributed by atoms with Crippen LogP contribution in [-0.2, 0) is 10.0 Å². The van der Waals surface area contributed by atoms with Gasteiger partial charge in [-0.25, -0.2) is 18.4 Å². The van der Waals surface area contributed by atoms with Gasteiger partial charge in [-0.1, -0.05) is 24.3 Å². The van der Waals surface area contributed by atoms with Gasteiger partial charge in [0, 0.05) is 0 Å². The number of fused-ring (bicyclic) bond motifs is 1. The van der Waals surface area contributed by atoms with Crippen LogP contribution >= 0.6 is 0 Å². The summed E-state index contributed by atoms with van der Waals surface area (Å²) < 4.78 is 33.9. The summed E-state index contributed by atoms with van der Waals surface area (Å²) in [7, 11) is -3.74. The molecule has 2 aromatic carbocycles. The second-order valence-corrected chi connectivity index (χ2v) is 7.75. The number of para-hydroxylation sites is 2. The van der Waals surface area contributed by atoms with Crippen molar-refractivity contribution in [2.24, 2.45) is 5.14 Å². The monoisotopic (exact) mass is 391 g/mol. The number of sulfonamides is 1. The zero-order valence-electron chi connectivity index (χ0n) is 14.7. The number of carbonyl (C=O) groups is 1. The van der Waals surface area contributed by atoms with Gasteiger partial charge in [0.05, 0.1) is 17.5 Å². The normalized spacial score (nSPS) is 17.0. The molecule has 8 nitrogen and oxygen atoms in total. The molecule has 0 aromatic heterocycles. The van der Waals surface area contributed by atoms with E-state index in [1.165, 1.54) is 12.1 Å². The molecular formula is C18H21N3O5S. The fourth-order valence-corrected chi connectivity index (χ4v) is 3.16. The molecule has 1 aliphatic heterocycles. The summed E-state index contributed by atoms with van der Waals surface area (Å²) in [5, 5.41) is 10.6. The minimum atomic E-state index is -3.74. The van der Waals surface area contributed by atoms with Gasteiger partial charge < -0.3 is 20.1 Å². The number of hydrogen-bond acceptors (Lipinski definition) is 5. The van der Waals surface area contributed by atoms with Crippen LogP contribution in [0, 0.1) is 0 Å². The van der Waals surface area contributed by atoms with Crippen LogP contribution in [-0.4, -0.2) is 33.7 Å². The summed E-state index contributed by atoms with van der Waals surface area (Å²) in [6.45, 7) is 2.43. The Bertz CT molecular complexity index is 915. The van der Waals surface area contributed by atoms with Gasteiger partial charge in [0.25, 0.3) is 0 Å². The molecule has 4 N–H and O–H groups in total. The van der Waals surface area contributed by atoms with Gasteiger partial charge in [0.2, 0.25) is 10.0 Å². The molecular weight excluding hydrogens is 370 g/mol. The number of nitrogens with two attached hydrogens (primary N) is 1. The summed E-state index contributed by atoms with van der Waals surface area (Å²) in [4.78, 5) is 12.1. The van der Waals surface area contributed by atoms with E-state index in [0.717, 1.165) is 5.56 Å². The molecule has 1 aliphatic rings. The van der Waals surface area contributed by atoms with Gasteiger partial charge >= 0.3 is 6.03 Å². The zero-order chi connectivity index (χ0) is 19.4. The predicted molar refractivity (Wildman–Crippen MR) is 99.1 cm³/mol. The lowest BCUT2D eigenvalue weighted by atomic mass is 10.1. The fourth-order valence-electron chi connectivity index (χ4n) is 2.65. The second-order valence-electron chi connectivity index (χ2n) is 6.19. The molecule has 2 atom stereocenters. The molecule has 2 amide bonds. The molecule has 0 bridgehead atoms. The van der Waals surface area contributed by atoms with Gasteiger partial charge in [0.15, 0.2) is 17.6 Å². The first-order chi connectivity index (χ1) is 12.8. The van der Waals surface area contributed by atoms with Gasteiger partial charge in [-0.05, 0) is 36.8 Å². The largest absolute Gasteiger partial charge is 0.486 e. The molecule has 27 heavy (non-hydrogen) atoms. The predicted octanol–water partition coefficient (Wildman–Crippen LogP) is 1.53. The van der Waals surface area contributed by atoms with Crippen LogP contribution in [0.25, 0.3) is 0 Å². The number of benzene rings is 2. The Morgan fingerprint density at radius 1 is 1.19 bits per heavy atom. The van der Waals surface area contributed by atoms with Crippen molar-refractivity contribution in [3.05, 3.63) is 54.1 Å². The highest BCUT2D eigenvalue weighted by molar-refractivity contribution is 7.89. The van der Waals surface area contributed by atoms with Crippen LogP contribution < -0.4 is 25.2 Å². The lowest BCUT2D eigenvalue weighted by Crippen LogP contribution is -2.45. The van der Waals surface area contributed by atoms with E-state index in [0.29, 0.717) is 18.1 Å². The molecule has 144 valence electrons. The third-order valence-electron chi connectivity index (χ3n) is 4.11.